The molecule has 0 N–H and O–H groups in total. The molecule has 0 aliphatic rings. The van der Waals surface area contributed by atoms with E-state index in [0.717, 1.165) is 26.9 Å². The number of nitrogens with zero attached hydrogens (tertiary/aromatic N) is 2. The lowest BCUT2D eigenvalue weighted by atomic mass is 10.1. The smallest absolute Gasteiger partial charge is 0.282 e. The van der Waals surface area contributed by atoms with Gasteiger partial charge >= 0.3 is 0 Å². The van der Waals surface area contributed by atoms with Crippen LogP contribution >= 0.6 is 15.9 Å². The highest BCUT2D eigenvalue weighted by Gasteiger charge is 2.14. The number of allylic oxidation sites excluding steroid dienone is 1. The van der Waals surface area contributed by atoms with Crippen LogP contribution in [0.2, 0.25) is 0 Å². The standard InChI is InChI=1S/C24H23BrN2O2S/c1-18-4-15-23(16-5-18)30(28,29)26-24(20-9-11-21(25)12-10-20)17-8-19-6-13-22(14-7-19)27(2)3/h4-17H,1-3H3/b17-8+,26-24+. The fraction of sp³-hybridized carbons (Fsp3) is 0.125. The summed E-state index contributed by atoms with van der Waals surface area (Å²) in [7, 11) is 0.132. The average Bonchev–Trinajstić information content (AvgIpc) is 2.72. The Balaban J connectivity index is 2.01. The molecule has 0 aliphatic heterocycles. The average molecular weight is 483 g/mol. The first kappa shape index (κ1) is 22.0. The molecule has 0 amide bonds. The molecule has 0 bridgehead atoms. The van der Waals surface area contributed by atoms with Crippen molar-refractivity contribution in [2.45, 2.75) is 11.8 Å². The van der Waals surface area contributed by atoms with Crippen molar-refractivity contribution in [3.8, 4) is 0 Å². The summed E-state index contributed by atoms with van der Waals surface area (Å²) in [5.41, 5.74) is 4.14. The van der Waals surface area contributed by atoms with Crippen molar-refractivity contribution in [3.05, 3.63) is 100 Å². The van der Waals surface area contributed by atoms with Gasteiger partial charge in [-0.25, -0.2) is 0 Å². The molecule has 0 fully saturated rings. The van der Waals surface area contributed by atoms with E-state index in [1.807, 2.05) is 80.5 Å². The molecule has 0 saturated heterocycles. The monoisotopic (exact) mass is 482 g/mol. The molecule has 0 unspecified atom stereocenters. The molecule has 30 heavy (non-hydrogen) atoms. The van der Waals surface area contributed by atoms with Crippen molar-refractivity contribution < 1.29 is 8.42 Å². The van der Waals surface area contributed by atoms with Gasteiger partial charge in [0.25, 0.3) is 10.0 Å². The van der Waals surface area contributed by atoms with E-state index in [9.17, 15) is 8.42 Å². The molecule has 154 valence electrons. The van der Waals surface area contributed by atoms with Crippen LogP contribution in [0.15, 0.2) is 92.6 Å². The molecule has 3 aromatic carbocycles. The van der Waals surface area contributed by atoms with Gasteiger partial charge in [0.05, 0.1) is 10.6 Å². The molecule has 3 rings (SSSR count). The Bertz CT molecular complexity index is 1160. The molecular formula is C24H23BrN2O2S. The molecule has 0 aromatic heterocycles. The highest BCUT2D eigenvalue weighted by atomic mass is 79.9. The first-order valence-corrected chi connectivity index (χ1v) is 11.6. The van der Waals surface area contributed by atoms with E-state index in [4.69, 9.17) is 0 Å². The third-order valence-electron chi connectivity index (χ3n) is 4.52. The maximum Gasteiger partial charge on any atom is 0.282 e. The number of aryl methyl sites for hydroxylation is 1. The van der Waals surface area contributed by atoms with Crippen LogP contribution in [0.4, 0.5) is 5.69 Å². The minimum atomic E-state index is -3.84. The van der Waals surface area contributed by atoms with Gasteiger partial charge in [-0.2, -0.15) is 12.8 Å². The van der Waals surface area contributed by atoms with Gasteiger partial charge in [-0.3, -0.25) is 0 Å². The van der Waals surface area contributed by atoms with Gasteiger partial charge in [0, 0.05) is 29.8 Å². The zero-order valence-corrected chi connectivity index (χ0v) is 19.5. The van der Waals surface area contributed by atoms with Crippen LogP contribution in [0.25, 0.3) is 6.08 Å². The number of hydrogen-bond donors (Lipinski definition) is 0. The second-order valence-electron chi connectivity index (χ2n) is 7.09. The molecule has 0 aliphatic carbocycles. The number of hydrogen-bond acceptors (Lipinski definition) is 3. The fourth-order valence-electron chi connectivity index (χ4n) is 2.75. The third-order valence-corrected chi connectivity index (χ3v) is 6.35. The molecule has 0 spiro atoms. The number of halogens is 1. The van der Waals surface area contributed by atoms with Crippen LogP contribution in [-0.2, 0) is 10.0 Å². The van der Waals surface area contributed by atoms with Crippen LogP contribution in [0.5, 0.6) is 0 Å². The van der Waals surface area contributed by atoms with Crippen molar-refractivity contribution in [3.63, 3.8) is 0 Å². The van der Waals surface area contributed by atoms with Gasteiger partial charge in [0.2, 0.25) is 0 Å². The highest BCUT2D eigenvalue weighted by Crippen LogP contribution is 2.18. The van der Waals surface area contributed by atoms with Gasteiger partial charge in [0.1, 0.15) is 0 Å². The predicted octanol–water partition coefficient (Wildman–Crippen LogP) is 5.71. The number of rotatable bonds is 6. The summed E-state index contributed by atoms with van der Waals surface area (Å²) in [5, 5.41) is 0. The predicted molar refractivity (Wildman–Crippen MR) is 129 cm³/mol. The first-order chi connectivity index (χ1) is 14.2. The Labute approximate surface area is 186 Å². The van der Waals surface area contributed by atoms with Crippen molar-refractivity contribution in [1.82, 2.24) is 0 Å². The van der Waals surface area contributed by atoms with E-state index >= 15 is 0 Å². The van der Waals surface area contributed by atoms with Crippen LogP contribution in [-0.4, -0.2) is 28.2 Å². The highest BCUT2D eigenvalue weighted by molar-refractivity contribution is 9.10. The minimum absolute atomic E-state index is 0.173. The summed E-state index contributed by atoms with van der Waals surface area (Å²) in [6.45, 7) is 1.91. The van der Waals surface area contributed by atoms with Crippen LogP contribution < -0.4 is 4.90 Å². The zero-order valence-electron chi connectivity index (χ0n) is 17.1. The molecule has 3 aromatic rings. The Hall–Kier alpha value is -2.70. The van der Waals surface area contributed by atoms with Gasteiger partial charge < -0.3 is 4.90 Å². The topological polar surface area (TPSA) is 49.7 Å². The second-order valence-corrected chi connectivity index (χ2v) is 9.61. The summed E-state index contributed by atoms with van der Waals surface area (Å²) < 4.78 is 30.8. The minimum Gasteiger partial charge on any atom is -0.378 e. The van der Waals surface area contributed by atoms with E-state index in [2.05, 4.69) is 20.3 Å². The number of anilines is 1. The van der Waals surface area contributed by atoms with Crippen LogP contribution in [0, 0.1) is 6.92 Å². The molecule has 0 heterocycles. The molecular weight excluding hydrogens is 460 g/mol. The number of benzene rings is 3. The molecule has 6 heteroatoms. The molecule has 0 atom stereocenters. The second kappa shape index (κ2) is 9.41. The molecule has 4 nitrogen and oxygen atoms in total. The van der Waals surface area contributed by atoms with E-state index in [1.165, 1.54) is 0 Å². The Morgan fingerprint density at radius 2 is 1.50 bits per heavy atom. The first-order valence-electron chi connectivity index (χ1n) is 9.38. The van der Waals surface area contributed by atoms with Crippen molar-refractivity contribution in [1.29, 1.82) is 0 Å². The van der Waals surface area contributed by atoms with Gasteiger partial charge in [0.15, 0.2) is 0 Å². The molecule has 0 saturated carbocycles. The van der Waals surface area contributed by atoms with Crippen molar-refractivity contribution in [2.24, 2.45) is 4.40 Å². The fourth-order valence-corrected chi connectivity index (χ4v) is 4.03. The Morgan fingerprint density at radius 1 is 0.900 bits per heavy atom. The van der Waals surface area contributed by atoms with Crippen LogP contribution in [0.3, 0.4) is 0 Å². The zero-order chi connectivity index (χ0) is 21.7. The lowest BCUT2D eigenvalue weighted by molar-refractivity contribution is 0.598. The SMILES string of the molecule is Cc1ccc(S(=O)(=O)/N=C(\C=C\c2ccc(N(C)C)cc2)c2ccc(Br)cc2)cc1. The van der Waals surface area contributed by atoms with E-state index in [-0.39, 0.29) is 4.90 Å². The van der Waals surface area contributed by atoms with Crippen LogP contribution in [0.1, 0.15) is 16.7 Å². The van der Waals surface area contributed by atoms with Gasteiger partial charge in [-0.15, -0.1) is 0 Å². The van der Waals surface area contributed by atoms with Gasteiger partial charge in [-0.05, 0) is 55.0 Å². The van der Waals surface area contributed by atoms with E-state index in [1.54, 1.807) is 30.3 Å². The normalized spacial score (nSPS) is 12.3. The van der Waals surface area contributed by atoms with Crippen molar-refractivity contribution in [2.75, 3.05) is 19.0 Å². The molecule has 0 radical (unpaired) electrons. The summed E-state index contributed by atoms with van der Waals surface area (Å²) in [5.74, 6) is 0. The maximum absolute atomic E-state index is 12.9. The Kier molecular flexibility index (Phi) is 6.90. The summed E-state index contributed by atoms with van der Waals surface area (Å²) in [4.78, 5) is 2.20. The van der Waals surface area contributed by atoms with Gasteiger partial charge in [-0.1, -0.05) is 64.0 Å². The van der Waals surface area contributed by atoms with E-state index in [0.29, 0.717) is 5.71 Å². The largest absolute Gasteiger partial charge is 0.378 e. The summed E-state index contributed by atoms with van der Waals surface area (Å²) in [6, 6.07) is 22.1. The third kappa shape index (κ3) is 5.68. The Morgan fingerprint density at radius 3 is 2.07 bits per heavy atom. The maximum atomic E-state index is 12.9. The lowest BCUT2D eigenvalue weighted by Gasteiger charge is -2.11. The summed E-state index contributed by atoms with van der Waals surface area (Å²) >= 11 is 3.41. The summed E-state index contributed by atoms with van der Waals surface area (Å²) in [6.07, 6.45) is 3.60. The number of sulfonamides is 1. The van der Waals surface area contributed by atoms with Crippen molar-refractivity contribution >= 4 is 43.4 Å². The van der Waals surface area contributed by atoms with E-state index < -0.39 is 10.0 Å². The lowest BCUT2D eigenvalue weighted by Crippen LogP contribution is -2.07. The quantitative estimate of drug-likeness (QED) is 0.422.